The molecule has 22 heavy (non-hydrogen) atoms. The predicted octanol–water partition coefficient (Wildman–Crippen LogP) is 3.24. The lowest BCUT2D eigenvalue weighted by Gasteiger charge is -2.29. The zero-order valence-electron chi connectivity index (χ0n) is 12.0. The van der Waals surface area contributed by atoms with E-state index in [9.17, 15) is 4.79 Å². The van der Waals surface area contributed by atoms with Gasteiger partial charge < -0.3 is 5.32 Å². The number of benzene rings is 2. The molecule has 5 heteroatoms. The van der Waals surface area contributed by atoms with E-state index in [0.717, 1.165) is 17.0 Å². The van der Waals surface area contributed by atoms with Gasteiger partial charge in [-0.1, -0.05) is 42.5 Å². The molecule has 2 aromatic rings. The molecule has 0 radical (unpaired) electrons. The van der Waals surface area contributed by atoms with Crippen LogP contribution in [0.4, 0.5) is 5.69 Å². The van der Waals surface area contributed by atoms with Gasteiger partial charge in [0.15, 0.2) is 5.11 Å². The highest BCUT2D eigenvalue weighted by atomic mass is 32.2. The Morgan fingerprint density at radius 1 is 1.14 bits per heavy atom. The number of nitrogens with zero attached hydrogens (tertiary/aromatic N) is 1. The van der Waals surface area contributed by atoms with E-state index in [2.05, 4.69) is 17.4 Å². The summed E-state index contributed by atoms with van der Waals surface area (Å²) in [4.78, 5) is 14.9. The third-order valence-corrected chi connectivity index (χ3v) is 4.82. The third kappa shape index (κ3) is 3.31. The van der Waals surface area contributed by atoms with Crippen molar-refractivity contribution in [3.05, 3.63) is 60.2 Å². The first-order valence-electron chi connectivity index (χ1n) is 7.12. The van der Waals surface area contributed by atoms with Gasteiger partial charge in [0.1, 0.15) is 0 Å². The maximum Gasteiger partial charge on any atom is 0.243 e. The highest BCUT2D eigenvalue weighted by Crippen LogP contribution is 2.34. The van der Waals surface area contributed by atoms with Crippen molar-refractivity contribution in [3.63, 3.8) is 0 Å². The maximum atomic E-state index is 12.2. The Balaban J connectivity index is 1.66. The Kier molecular flexibility index (Phi) is 4.75. The summed E-state index contributed by atoms with van der Waals surface area (Å²) in [5.41, 5.74) is 2.12. The van der Waals surface area contributed by atoms with Crippen LogP contribution in [0.2, 0.25) is 0 Å². The molecule has 0 spiro atoms. The van der Waals surface area contributed by atoms with Crippen LogP contribution in [0.5, 0.6) is 0 Å². The second-order valence-electron chi connectivity index (χ2n) is 4.95. The molecule has 3 rings (SSSR count). The Morgan fingerprint density at radius 2 is 1.86 bits per heavy atom. The van der Waals surface area contributed by atoms with E-state index >= 15 is 0 Å². The van der Waals surface area contributed by atoms with Gasteiger partial charge in [0, 0.05) is 11.4 Å². The number of nitrogens with one attached hydrogen (secondary N) is 1. The minimum absolute atomic E-state index is 0.0286. The number of rotatable bonds is 3. The summed E-state index contributed by atoms with van der Waals surface area (Å²) < 4.78 is 0. The van der Waals surface area contributed by atoms with Crippen LogP contribution in [0.15, 0.2) is 59.5 Å². The van der Waals surface area contributed by atoms with E-state index in [1.165, 1.54) is 5.56 Å². The fourth-order valence-corrected chi connectivity index (χ4v) is 3.55. The third-order valence-electron chi connectivity index (χ3n) is 3.44. The van der Waals surface area contributed by atoms with Gasteiger partial charge >= 0.3 is 0 Å². The van der Waals surface area contributed by atoms with Crippen LogP contribution >= 0.6 is 24.0 Å². The van der Waals surface area contributed by atoms with E-state index in [-0.39, 0.29) is 5.91 Å². The lowest BCUT2D eigenvalue weighted by atomic mass is 10.1. The average Bonchev–Trinajstić information content (AvgIpc) is 2.55. The number of carbonyl (C=O) groups is 1. The molecular formula is C17H16N2OS2. The predicted molar refractivity (Wildman–Crippen MR) is 95.4 cm³/mol. The fourth-order valence-electron chi connectivity index (χ4n) is 2.36. The lowest BCUT2D eigenvalue weighted by molar-refractivity contribution is -0.115. The smallest absolute Gasteiger partial charge is 0.243 e. The number of amides is 1. The van der Waals surface area contributed by atoms with Crippen LogP contribution in [-0.2, 0) is 11.2 Å². The fraction of sp³-hybridized carbons (Fsp3) is 0.176. The molecule has 0 bridgehead atoms. The molecule has 0 fully saturated rings. The summed E-state index contributed by atoms with van der Waals surface area (Å²) in [5, 5.41) is 3.68. The molecule has 1 aliphatic rings. The summed E-state index contributed by atoms with van der Waals surface area (Å²) in [5.74, 6) is 0.457. The van der Waals surface area contributed by atoms with E-state index in [0.29, 0.717) is 17.4 Å². The zero-order chi connectivity index (χ0) is 15.4. The van der Waals surface area contributed by atoms with Crippen LogP contribution in [0.1, 0.15) is 5.56 Å². The standard InChI is InChI=1S/C17H16N2OS2/c20-16-12-22-15-9-5-4-8-14(15)19(16)17(21)18-11-10-13-6-2-1-3-7-13/h1-9H,10-12H2,(H,18,21). The first kappa shape index (κ1) is 15.1. The van der Waals surface area contributed by atoms with Gasteiger partial charge in [0.25, 0.3) is 0 Å². The largest absolute Gasteiger partial charge is 0.362 e. The number of thioether (sulfide) groups is 1. The van der Waals surface area contributed by atoms with Crippen molar-refractivity contribution < 1.29 is 4.79 Å². The molecule has 0 unspecified atom stereocenters. The second-order valence-corrected chi connectivity index (χ2v) is 6.36. The van der Waals surface area contributed by atoms with E-state index in [4.69, 9.17) is 12.2 Å². The average molecular weight is 328 g/mol. The van der Waals surface area contributed by atoms with Gasteiger partial charge in [0.05, 0.1) is 11.4 Å². The highest BCUT2D eigenvalue weighted by Gasteiger charge is 2.27. The number of hydrogen-bond acceptors (Lipinski definition) is 3. The molecule has 0 atom stereocenters. The molecule has 1 aliphatic heterocycles. The van der Waals surface area contributed by atoms with Crippen LogP contribution in [0.25, 0.3) is 0 Å². The van der Waals surface area contributed by atoms with Crippen molar-refractivity contribution in [1.82, 2.24) is 5.32 Å². The molecule has 1 amide bonds. The monoisotopic (exact) mass is 328 g/mol. The maximum absolute atomic E-state index is 12.2. The Labute approximate surface area is 139 Å². The molecular weight excluding hydrogens is 312 g/mol. The van der Waals surface area contributed by atoms with Gasteiger partial charge in [-0.2, -0.15) is 0 Å². The molecule has 0 saturated carbocycles. The molecule has 2 aromatic carbocycles. The van der Waals surface area contributed by atoms with Crippen LogP contribution in [-0.4, -0.2) is 23.3 Å². The molecule has 3 nitrogen and oxygen atoms in total. The van der Waals surface area contributed by atoms with Crippen LogP contribution < -0.4 is 10.2 Å². The van der Waals surface area contributed by atoms with Crippen LogP contribution in [0, 0.1) is 0 Å². The molecule has 0 saturated heterocycles. The van der Waals surface area contributed by atoms with Gasteiger partial charge in [0.2, 0.25) is 5.91 Å². The summed E-state index contributed by atoms with van der Waals surface area (Å²) in [7, 11) is 0. The number of anilines is 1. The minimum atomic E-state index is 0.0286. The Bertz CT molecular complexity index is 688. The molecule has 1 heterocycles. The summed E-state index contributed by atoms with van der Waals surface area (Å²) in [6.45, 7) is 0.710. The van der Waals surface area contributed by atoms with Crippen molar-refractivity contribution in [2.24, 2.45) is 0 Å². The van der Waals surface area contributed by atoms with Crippen molar-refractivity contribution in [2.45, 2.75) is 11.3 Å². The second kappa shape index (κ2) is 6.94. The normalized spacial score (nSPS) is 13.6. The first-order chi connectivity index (χ1) is 10.8. The van der Waals surface area contributed by atoms with Gasteiger partial charge in [-0.25, -0.2) is 0 Å². The van der Waals surface area contributed by atoms with E-state index in [1.807, 2.05) is 42.5 Å². The summed E-state index contributed by atoms with van der Waals surface area (Å²) >= 11 is 6.99. The van der Waals surface area contributed by atoms with Gasteiger partial charge in [-0.15, -0.1) is 11.8 Å². The molecule has 1 N–H and O–H groups in total. The number of hydrogen-bond donors (Lipinski definition) is 1. The Morgan fingerprint density at radius 3 is 2.68 bits per heavy atom. The lowest BCUT2D eigenvalue weighted by Crippen LogP contribution is -2.46. The minimum Gasteiger partial charge on any atom is -0.362 e. The number of thiocarbonyl (C=S) groups is 1. The number of para-hydroxylation sites is 1. The van der Waals surface area contributed by atoms with E-state index < -0.39 is 0 Å². The topological polar surface area (TPSA) is 32.3 Å². The van der Waals surface area contributed by atoms with Crippen molar-refractivity contribution in [2.75, 3.05) is 17.2 Å². The van der Waals surface area contributed by atoms with Gasteiger partial charge in [-0.3, -0.25) is 9.69 Å². The molecule has 0 aliphatic carbocycles. The number of fused-ring (bicyclic) bond motifs is 1. The Hall–Kier alpha value is -1.85. The number of carbonyl (C=O) groups excluding carboxylic acids is 1. The van der Waals surface area contributed by atoms with Crippen molar-refractivity contribution in [1.29, 1.82) is 0 Å². The van der Waals surface area contributed by atoms with Gasteiger partial charge in [-0.05, 0) is 36.3 Å². The van der Waals surface area contributed by atoms with Crippen molar-refractivity contribution >= 4 is 40.7 Å². The zero-order valence-corrected chi connectivity index (χ0v) is 13.6. The first-order valence-corrected chi connectivity index (χ1v) is 8.51. The SMILES string of the molecule is O=C1CSc2ccccc2N1C(=S)NCCc1ccccc1. The summed E-state index contributed by atoms with van der Waals surface area (Å²) in [6.07, 6.45) is 0.874. The van der Waals surface area contributed by atoms with E-state index in [1.54, 1.807) is 16.7 Å². The summed E-state index contributed by atoms with van der Waals surface area (Å²) in [6, 6.07) is 18.1. The van der Waals surface area contributed by atoms with Crippen molar-refractivity contribution in [3.8, 4) is 0 Å². The molecule has 112 valence electrons. The highest BCUT2D eigenvalue weighted by molar-refractivity contribution is 8.00. The van der Waals surface area contributed by atoms with Crippen LogP contribution in [0.3, 0.4) is 0 Å². The quantitative estimate of drug-likeness (QED) is 0.877. The molecule has 0 aromatic heterocycles.